The van der Waals surface area contributed by atoms with Crippen molar-refractivity contribution < 1.29 is 4.79 Å². The van der Waals surface area contributed by atoms with E-state index in [1.165, 1.54) is 12.8 Å². The molecule has 1 aliphatic heterocycles. The smallest absolute Gasteiger partial charge is 0.208 e. The van der Waals surface area contributed by atoms with Crippen LogP contribution in [-0.2, 0) is 4.79 Å². The lowest BCUT2D eigenvalue weighted by Gasteiger charge is -2.22. The number of nitrogens with one attached hydrogen (secondary N) is 1. The van der Waals surface area contributed by atoms with E-state index in [9.17, 15) is 4.79 Å². The summed E-state index contributed by atoms with van der Waals surface area (Å²) in [4.78, 5) is 12.2. The van der Waals surface area contributed by atoms with Crippen LogP contribution in [0.25, 0.3) is 0 Å². The average molecular weight is 141 g/mol. The maximum atomic E-state index is 9.99. The van der Waals surface area contributed by atoms with Crippen molar-refractivity contribution in [3.05, 3.63) is 6.92 Å². The Morgan fingerprint density at radius 3 is 2.60 bits per heavy atom. The molecule has 0 aromatic heterocycles. The predicted octanol–water partition coefficient (Wildman–Crippen LogP) is -0.0116. The van der Waals surface area contributed by atoms with Crippen LogP contribution in [0.15, 0.2) is 0 Å². The minimum atomic E-state index is -0.0278. The molecular weight excluding hydrogens is 128 g/mol. The molecule has 1 atom stereocenters. The number of rotatable bonds is 3. The van der Waals surface area contributed by atoms with Crippen molar-refractivity contribution in [2.45, 2.75) is 19.0 Å². The molecule has 1 rings (SSSR count). The van der Waals surface area contributed by atoms with Gasteiger partial charge in [-0.05, 0) is 19.8 Å². The summed E-state index contributed by atoms with van der Waals surface area (Å²) in [6.07, 6.45) is 3.13. The van der Waals surface area contributed by atoms with Gasteiger partial charge in [0.25, 0.3) is 0 Å². The zero-order chi connectivity index (χ0) is 7.40. The molecule has 3 nitrogen and oxygen atoms in total. The van der Waals surface area contributed by atoms with Gasteiger partial charge < -0.3 is 5.32 Å². The molecule has 0 aliphatic carbocycles. The quantitative estimate of drug-likeness (QED) is 0.560. The van der Waals surface area contributed by atoms with E-state index in [1.54, 1.807) is 0 Å². The van der Waals surface area contributed by atoms with E-state index in [-0.39, 0.29) is 6.17 Å². The van der Waals surface area contributed by atoms with Gasteiger partial charge in [0.05, 0.1) is 6.17 Å². The summed E-state index contributed by atoms with van der Waals surface area (Å²) in [5.41, 5.74) is 0. The van der Waals surface area contributed by atoms with E-state index in [2.05, 4.69) is 17.1 Å². The summed E-state index contributed by atoms with van der Waals surface area (Å²) in [6.45, 7) is 5.92. The lowest BCUT2D eigenvalue weighted by atomic mass is 10.4. The minimum absolute atomic E-state index is 0.0278. The van der Waals surface area contributed by atoms with Crippen LogP contribution in [0.1, 0.15) is 12.8 Å². The van der Waals surface area contributed by atoms with Crippen LogP contribution in [0.3, 0.4) is 0 Å². The van der Waals surface area contributed by atoms with Gasteiger partial charge in [0, 0.05) is 13.1 Å². The lowest BCUT2D eigenvalue weighted by molar-refractivity contribution is -0.110. The summed E-state index contributed by atoms with van der Waals surface area (Å²) in [7, 11) is 0. The number of nitrogens with zero attached hydrogens (tertiary/aromatic N) is 1. The van der Waals surface area contributed by atoms with Crippen LogP contribution in [0.5, 0.6) is 0 Å². The van der Waals surface area contributed by atoms with Crippen LogP contribution < -0.4 is 5.32 Å². The summed E-state index contributed by atoms with van der Waals surface area (Å²) < 4.78 is 0. The van der Waals surface area contributed by atoms with Crippen LogP contribution in [-0.4, -0.2) is 30.6 Å². The molecule has 1 heterocycles. The van der Waals surface area contributed by atoms with E-state index in [1.807, 2.05) is 0 Å². The summed E-state index contributed by atoms with van der Waals surface area (Å²) in [5, 5.41) is 2.62. The first-order valence-electron chi connectivity index (χ1n) is 3.61. The third kappa shape index (κ3) is 1.70. The number of hydrogen-bond acceptors (Lipinski definition) is 2. The Morgan fingerprint density at radius 1 is 1.50 bits per heavy atom. The Balaban J connectivity index is 2.24. The SMILES string of the molecule is [CH2]C(NC=O)N1CCCC1. The molecule has 1 fully saturated rings. The lowest BCUT2D eigenvalue weighted by Crippen LogP contribution is -2.41. The third-order valence-electron chi connectivity index (χ3n) is 1.84. The number of hydrogen-bond donors (Lipinski definition) is 1. The molecule has 0 bridgehead atoms. The second-order valence-corrected chi connectivity index (χ2v) is 2.54. The second-order valence-electron chi connectivity index (χ2n) is 2.54. The fraction of sp³-hybridized carbons (Fsp3) is 0.714. The van der Waals surface area contributed by atoms with Gasteiger partial charge in [-0.1, -0.05) is 0 Å². The van der Waals surface area contributed by atoms with Gasteiger partial charge in [0.2, 0.25) is 6.41 Å². The zero-order valence-electron chi connectivity index (χ0n) is 6.05. The standard InChI is InChI=1S/C7H13N2O/c1-7(8-6-10)9-4-2-3-5-9/h6-7H,1-5H2,(H,8,10). The molecule has 1 unspecified atom stereocenters. The number of carbonyl (C=O) groups is 1. The summed E-state index contributed by atoms with van der Waals surface area (Å²) in [5.74, 6) is 0. The third-order valence-corrected chi connectivity index (χ3v) is 1.84. The molecule has 57 valence electrons. The van der Waals surface area contributed by atoms with Crippen LogP contribution in [0.4, 0.5) is 0 Å². The van der Waals surface area contributed by atoms with Crippen molar-refractivity contribution in [3.63, 3.8) is 0 Å². The minimum Gasteiger partial charge on any atom is -0.343 e. The maximum Gasteiger partial charge on any atom is 0.208 e. The molecule has 10 heavy (non-hydrogen) atoms. The Morgan fingerprint density at radius 2 is 2.10 bits per heavy atom. The van der Waals surface area contributed by atoms with Gasteiger partial charge in [-0.15, -0.1) is 0 Å². The van der Waals surface area contributed by atoms with Crippen LogP contribution in [0, 0.1) is 6.92 Å². The molecule has 0 saturated carbocycles. The number of amides is 1. The highest BCUT2D eigenvalue weighted by Crippen LogP contribution is 2.08. The van der Waals surface area contributed by atoms with Crippen molar-refractivity contribution in [3.8, 4) is 0 Å². The monoisotopic (exact) mass is 141 g/mol. The molecule has 0 aromatic carbocycles. The van der Waals surface area contributed by atoms with E-state index >= 15 is 0 Å². The zero-order valence-corrected chi connectivity index (χ0v) is 6.05. The van der Waals surface area contributed by atoms with Crippen molar-refractivity contribution in [2.24, 2.45) is 0 Å². The molecular formula is C7H13N2O. The number of carbonyl (C=O) groups excluding carboxylic acids is 1. The first kappa shape index (κ1) is 7.54. The Labute approximate surface area is 61.4 Å². The number of likely N-dealkylation sites (tertiary alicyclic amines) is 1. The average Bonchev–Trinajstić information content (AvgIpc) is 2.38. The largest absolute Gasteiger partial charge is 0.343 e. The molecule has 1 amide bonds. The Bertz CT molecular complexity index is 110. The molecule has 0 spiro atoms. The molecule has 0 aromatic rings. The summed E-state index contributed by atoms with van der Waals surface area (Å²) in [6, 6.07) is 0. The molecule has 1 N–H and O–H groups in total. The Kier molecular flexibility index (Phi) is 2.68. The molecule has 1 saturated heterocycles. The van der Waals surface area contributed by atoms with Crippen LogP contribution >= 0.6 is 0 Å². The first-order chi connectivity index (χ1) is 4.84. The summed E-state index contributed by atoms with van der Waals surface area (Å²) >= 11 is 0. The van der Waals surface area contributed by atoms with Gasteiger partial charge in [0.15, 0.2) is 0 Å². The normalized spacial score (nSPS) is 22.5. The van der Waals surface area contributed by atoms with Crippen LogP contribution in [0.2, 0.25) is 0 Å². The first-order valence-corrected chi connectivity index (χ1v) is 3.61. The Hall–Kier alpha value is -0.570. The molecule has 1 aliphatic rings. The van der Waals surface area contributed by atoms with Gasteiger partial charge in [-0.3, -0.25) is 9.69 Å². The molecule has 1 radical (unpaired) electrons. The van der Waals surface area contributed by atoms with Gasteiger partial charge >= 0.3 is 0 Å². The van der Waals surface area contributed by atoms with Gasteiger partial charge in [-0.2, -0.15) is 0 Å². The maximum absolute atomic E-state index is 9.99. The van der Waals surface area contributed by atoms with Crippen molar-refractivity contribution in [1.82, 2.24) is 10.2 Å². The van der Waals surface area contributed by atoms with Crippen molar-refractivity contribution in [2.75, 3.05) is 13.1 Å². The molecule has 3 heteroatoms. The fourth-order valence-corrected chi connectivity index (χ4v) is 1.24. The van der Waals surface area contributed by atoms with E-state index in [4.69, 9.17) is 0 Å². The second kappa shape index (κ2) is 3.56. The highest BCUT2D eigenvalue weighted by atomic mass is 16.1. The predicted molar refractivity (Wildman–Crippen MR) is 39.2 cm³/mol. The van der Waals surface area contributed by atoms with Crippen molar-refractivity contribution in [1.29, 1.82) is 0 Å². The highest BCUT2D eigenvalue weighted by molar-refractivity contribution is 5.46. The van der Waals surface area contributed by atoms with E-state index in [0.717, 1.165) is 13.1 Å². The topological polar surface area (TPSA) is 32.3 Å². The van der Waals surface area contributed by atoms with Crippen molar-refractivity contribution >= 4 is 6.41 Å². The van der Waals surface area contributed by atoms with Gasteiger partial charge in [-0.25, -0.2) is 0 Å². The highest BCUT2D eigenvalue weighted by Gasteiger charge is 2.16. The fourth-order valence-electron chi connectivity index (χ4n) is 1.24. The van der Waals surface area contributed by atoms with Gasteiger partial charge in [0.1, 0.15) is 0 Å². The van der Waals surface area contributed by atoms with E-state index in [0.29, 0.717) is 6.41 Å². The van der Waals surface area contributed by atoms with E-state index < -0.39 is 0 Å².